The first-order valence-corrected chi connectivity index (χ1v) is 7.23. The molecular formula is C15H12N2O2S. The first-order chi connectivity index (χ1) is 9.74. The average molecular weight is 284 g/mol. The van der Waals surface area contributed by atoms with Crippen LogP contribution in [-0.4, -0.2) is 15.7 Å². The largest absolute Gasteiger partial charge is 0.269 e. The lowest BCUT2D eigenvalue weighted by Gasteiger charge is -2.04. The Morgan fingerprint density at radius 3 is 2.45 bits per heavy atom. The summed E-state index contributed by atoms with van der Waals surface area (Å²) in [5.74, 6) is 0.913. The first kappa shape index (κ1) is 12.9. The van der Waals surface area contributed by atoms with Crippen molar-refractivity contribution < 1.29 is 4.92 Å². The minimum Gasteiger partial charge on any atom is -0.269 e. The van der Waals surface area contributed by atoms with Crippen LogP contribution >= 0.6 is 11.8 Å². The van der Waals surface area contributed by atoms with Gasteiger partial charge in [-0.05, 0) is 17.7 Å². The van der Waals surface area contributed by atoms with E-state index in [1.165, 1.54) is 17.7 Å². The smallest absolute Gasteiger partial charge is 0.269 e. The Balaban J connectivity index is 1.83. The molecular weight excluding hydrogens is 272 g/mol. The van der Waals surface area contributed by atoms with Gasteiger partial charge in [0.15, 0.2) is 0 Å². The summed E-state index contributed by atoms with van der Waals surface area (Å²) >= 11 is 1.69. The number of nitrogens with zero attached hydrogens (tertiary/aromatic N) is 2. The van der Waals surface area contributed by atoms with Crippen LogP contribution in [0.3, 0.4) is 0 Å². The topological polar surface area (TPSA) is 55.5 Å². The van der Waals surface area contributed by atoms with Crippen molar-refractivity contribution in [3.63, 3.8) is 0 Å². The van der Waals surface area contributed by atoms with Crippen molar-refractivity contribution >= 4 is 22.5 Å². The third kappa shape index (κ3) is 2.58. The van der Waals surface area contributed by atoms with Crippen LogP contribution in [0.4, 0.5) is 5.69 Å². The van der Waals surface area contributed by atoms with Gasteiger partial charge in [0, 0.05) is 23.4 Å². The van der Waals surface area contributed by atoms with Crippen molar-refractivity contribution in [3.8, 4) is 0 Å². The van der Waals surface area contributed by atoms with E-state index in [1.807, 2.05) is 18.2 Å². The van der Waals surface area contributed by atoms with Crippen LogP contribution in [0, 0.1) is 10.1 Å². The molecule has 0 fully saturated rings. The molecule has 0 spiro atoms. The highest BCUT2D eigenvalue weighted by Gasteiger charge is 2.21. The Hall–Kier alpha value is -2.14. The second-order valence-corrected chi connectivity index (χ2v) is 5.48. The van der Waals surface area contributed by atoms with Gasteiger partial charge in [0.1, 0.15) is 0 Å². The molecule has 0 aromatic heterocycles. The molecule has 5 heteroatoms. The van der Waals surface area contributed by atoms with Crippen LogP contribution in [0.1, 0.15) is 17.2 Å². The van der Waals surface area contributed by atoms with Crippen LogP contribution in [0.25, 0.3) is 0 Å². The normalized spacial score (nSPS) is 17.8. The maximum Gasteiger partial charge on any atom is 0.269 e. The fraction of sp³-hybridized carbons (Fsp3) is 0.133. The summed E-state index contributed by atoms with van der Waals surface area (Å²) in [5.41, 5.74) is 2.26. The van der Waals surface area contributed by atoms with E-state index >= 15 is 0 Å². The summed E-state index contributed by atoms with van der Waals surface area (Å²) < 4.78 is 0. The molecule has 1 atom stereocenters. The molecule has 0 radical (unpaired) electrons. The zero-order valence-electron chi connectivity index (χ0n) is 10.6. The molecule has 100 valence electrons. The van der Waals surface area contributed by atoms with Gasteiger partial charge in [-0.1, -0.05) is 30.3 Å². The molecule has 0 saturated heterocycles. The number of nitro groups is 1. The van der Waals surface area contributed by atoms with Crippen LogP contribution in [0.15, 0.2) is 59.6 Å². The third-order valence-corrected chi connectivity index (χ3v) is 4.26. The lowest BCUT2D eigenvalue weighted by Crippen LogP contribution is -1.94. The van der Waals surface area contributed by atoms with Crippen molar-refractivity contribution in [2.24, 2.45) is 4.99 Å². The molecule has 0 saturated carbocycles. The van der Waals surface area contributed by atoms with Crippen LogP contribution in [0.2, 0.25) is 0 Å². The van der Waals surface area contributed by atoms with E-state index in [2.05, 4.69) is 12.1 Å². The van der Waals surface area contributed by atoms with Gasteiger partial charge < -0.3 is 0 Å². The average Bonchev–Trinajstić information content (AvgIpc) is 2.98. The SMILES string of the molecule is O=[N+]([O-])c1ccc(C2=NC(c3ccccc3)CS2)cc1. The van der Waals surface area contributed by atoms with Gasteiger partial charge in [-0.2, -0.15) is 0 Å². The highest BCUT2D eigenvalue weighted by Crippen LogP contribution is 2.33. The minimum absolute atomic E-state index is 0.108. The Kier molecular flexibility index (Phi) is 3.52. The fourth-order valence-electron chi connectivity index (χ4n) is 2.10. The maximum atomic E-state index is 10.6. The van der Waals surface area contributed by atoms with Gasteiger partial charge in [0.25, 0.3) is 5.69 Å². The highest BCUT2D eigenvalue weighted by molar-refractivity contribution is 8.14. The Morgan fingerprint density at radius 2 is 1.80 bits per heavy atom. The molecule has 0 amide bonds. The molecule has 1 unspecified atom stereocenters. The maximum absolute atomic E-state index is 10.6. The van der Waals surface area contributed by atoms with Crippen molar-refractivity contribution in [2.45, 2.75) is 6.04 Å². The number of non-ortho nitro benzene ring substituents is 1. The van der Waals surface area contributed by atoms with E-state index < -0.39 is 0 Å². The molecule has 3 rings (SSSR count). The summed E-state index contributed by atoms with van der Waals surface area (Å²) in [7, 11) is 0. The number of aliphatic imine (C=N–C) groups is 1. The third-order valence-electron chi connectivity index (χ3n) is 3.16. The van der Waals surface area contributed by atoms with Crippen LogP contribution < -0.4 is 0 Å². The lowest BCUT2D eigenvalue weighted by molar-refractivity contribution is -0.384. The Labute approximate surface area is 120 Å². The predicted octanol–water partition coefficient (Wildman–Crippen LogP) is 3.83. The number of thioether (sulfide) groups is 1. The zero-order chi connectivity index (χ0) is 13.9. The summed E-state index contributed by atoms with van der Waals surface area (Å²) in [6.07, 6.45) is 0. The van der Waals surface area contributed by atoms with E-state index in [4.69, 9.17) is 4.99 Å². The van der Waals surface area contributed by atoms with Crippen LogP contribution in [-0.2, 0) is 0 Å². The second kappa shape index (κ2) is 5.46. The van der Waals surface area contributed by atoms with Gasteiger partial charge >= 0.3 is 0 Å². The van der Waals surface area contributed by atoms with Gasteiger partial charge in [-0.3, -0.25) is 15.1 Å². The number of hydrogen-bond acceptors (Lipinski definition) is 4. The predicted molar refractivity (Wildman–Crippen MR) is 81.3 cm³/mol. The molecule has 4 nitrogen and oxygen atoms in total. The molecule has 0 aliphatic carbocycles. The van der Waals surface area contributed by atoms with Gasteiger partial charge in [-0.15, -0.1) is 11.8 Å². The Morgan fingerprint density at radius 1 is 1.10 bits per heavy atom. The first-order valence-electron chi connectivity index (χ1n) is 6.24. The van der Waals surface area contributed by atoms with Crippen molar-refractivity contribution in [1.29, 1.82) is 0 Å². The number of rotatable bonds is 3. The summed E-state index contributed by atoms with van der Waals surface area (Å²) in [4.78, 5) is 15.0. The number of hydrogen-bond donors (Lipinski definition) is 0. The van der Waals surface area contributed by atoms with E-state index in [1.54, 1.807) is 23.9 Å². The summed E-state index contributed by atoms with van der Waals surface area (Å²) in [5, 5.41) is 11.6. The van der Waals surface area contributed by atoms with Gasteiger partial charge in [0.2, 0.25) is 0 Å². The number of nitro benzene ring substituents is 1. The monoisotopic (exact) mass is 284 g/mol. The molecule has 1 aliphatic heterocycles. The highest BCUT2D eigenvalue weighted by atomic mass is 32.2. The second-order valence-electron chi connectivity index (χ2n) is 4.48. The molecule has 0 N–H and O–H groups in total. The standard InChI is InChI=1S/C15H12N2O2S/c18-17(19)13-8-6-12(7-9-13)15-16-14(10-20-15)11-4-2-1-3-5-11/h1-9,14H,10H2. The van der Waals surface area contributed by atoms with Gasteiger partial charge in [-0.25, -0.2) is 0 Å². The summed E-state index contributed by atoms with van der Waals surface area (Å²) in [6.45, 7) is 0. The number of benzene rings is 2. The molecule has 1 aliphatic rings. The van der Waals surface area contributed by atoms with Crippen molar-refractivity contribution in [1.82, 2.24) is 0 Å². The quantitative estimate of drug-likeness (QED) is 0.635. The van der Waals surface area contributed by atoms with E-state index in [0.717, 1.165) is 16.4 Å². The minimum atomic E-state index is -0.389. The Bertz CT molecular complexity index is 653. The summed E-state index contributed by atoms with van der Waals surface area (Å²) in [6, 6.07) is 16.9. The van der Waals surface area contributed by atoms with Crippen LogP contribution in [0.5, 0.6) is 0 Å². The fourth-order valence-corrected chi connectivity index (χ4v) is 3.19. The van der Waals surface area contributed by atoms with E-state index in [9.17, 15) is 10.1 Å². The molecule has 1 heterocycles. The van der Waals surface area contributed by atoms with Gasteiger partial charge in [0.05, 0.1) is 16.0 Å². The molecule has 20 heavy (non-hydrogen) atoms. The molecule has 2 aromatic carbocycles. The lowest BCUT2D eigenvalue weighted by atomic mass is 10.1. The van der Waals surface area contributed by atoms with E-state index in [-0.39, 0.29) is 16.7 Å². The van der Waals surface area contributed by atoms with Crippen molar-refractivity contribution in [2.75, 3.05) is 5.75 Å². The van der Waals surface area contributed by atoms with E-state index in [0.29, 0.717) is 0 Å². The van der Waals surface area contributed by atoms with Crippen molar-refractivity contribution in [3.05, 3.63) is 75.8 Å². The zero-order valence-corrected chi connectivity index (χ0v) is 11.4. The molecule has 0 bridgehead atoms. The molecule has 2 aromatic rings.